The molecule has 1 amide bonds. The number of nitrogens with two attached hydrogens (primary N) is 1. The first kappa shape index (κ1) is 14.1. The molecule has 0 spiro atoms. The van der Waals surface area contributed by atoms with Crippen LogP contribution in [0.25, 0.3) is 0 Å². The maximum atomic E-state index is 12.0. The van der Waals surface area contributed by atoms with Crippen LogP contribution in [0.1, 0.15) is 28.9 Å². The Balaban J connectivity index is 1.85. The second-order valence-corrected chi connectivity index (χ2v) is 5.66. The van der Waals surface area contributed by atoms with Gasteiger partial charge in [0, 0.05) is 20.2 Å². The number of hydrogen-bond acceptors (Lipinski definition) is 6. The van der Waals surface area contributed by atoms with Gasteiger partial charge >= 0.3 is 0 Å². The van der Waals surface area contributed by atoms with Crippen molar-refractivity contribution in [3.05, 3.63) is 4.88 Å². The van der Waals surface area contributed by atoms with Crippen LogP contribution in [0.3, 0.4) is 0 Å². The van der Waals surface area contributed by atoms with Gasteiger partial charge in [-0.05, 0) is 18.8 Å². The minimum atomic E-state index is -0.123. The smallest absolute Gasteiger partial charge is 0.265 e. The molecule has 0 unspecified atom stereocenters. The fourth-order valence-electron chi connectivity index (χ4n) is 1.84. The lowest BCUT2D eigenvalue weighted by Crippen LogP contribution is -2.32. The first-order valence-electron chi connectivity index (χ1n) is 6.48. The first-order valence-corrected chi connectivity index (χ1v) is 7.29. The predicted molar refractivity (Wildman–Crippen MR) is 76.6 cm³/mol. The molecule has 0 aromatic carbocycles. The molecule has 1 aromatic heterocycles. The van der Waals surface area contributed by atoms with E-state index in [1.54, 1.807) is 7.11 Å². The van der Waals surface area contributed by atoms with Gasteiger partial charge in [0.15, 0.2) is 5.13 Å². The summed E-state index contributed by atoms with van der Waals surface area (Å²) < 4.78 is 4.94. The molecule has 1 aliphatic carbocycles. The SMILES string of the molecule is COCCNc1nc(N)c(C(=O)NCC2CCC2)s1. The van der Waals surface area contributed by atoms with Crippen LogP contribution >= 0.6 is 11.3 Å². The van der Waals surface area contributed by atoms with E-state index in [9.17, 15) is 4.79 Å². The lowest BCUT2D eigenvalue weighted by Gasteiger charge is -2.25. The molecule has 7 heteroatoms. The maximum absolute atomic E-state index is 12.0. The van der Waals surface area contributed by atoms with Crippen molar-refractivity contribution >= 4 is 28.2 Å². The van der Waals surface area contributed by atoms with Crippen LogP contribution in [0, 0.1) is 5.92 Å². The Bertz CT molecular complexity index is 431. The third kappa shape index (κ3) is 3.81. The molecule has 0 aliphatic heterocycles. The number of ether oxygens (including phenoxy) is 1. The molecule has 0 atom stereocenters. The monoisotopic (exact) mass is 284 g/mol. The quantitative estimate of drug-likeness (QED) is 0.657. The molecular weight excluding hydrogens is 264 g/mol. The van der Waals surface area contributed by atoms with E-state index in [0.717, 1.165) is 6.54 Å². The summed E-state index contributed by atoms with van der Waals surface area (Å²) in [4.78, 5) is 16.6. The first-order chi connectivity index (χ1) is 9.20. The minimum absolute atomic E-state index is 0.123. The lowest BCUT2D eigenvalue weighted by molar-refractivity contribution is 0.0944. The number of hydrogen-bond donors (Lipinski definition) is 3. The number of nitrogen functional groups attached to an aromatic ring is 1. The topological polar surface area (TPSA) is 89.3 Å². The van der Waals surface area contributed by atoms with E-state index >= 15 is 0 Å². The zero-order valence-electron chi connectivity index (χ0n) is 11.1. The Kier molecular flexibility index (Phi) is 4.98. The van der Waals surface area contributed by atoms with Crippen molar-refractivity contribution in [2.45, 2.75) is 19.3 Å². The molecule has 0 radical (unpaired) electrons. The van der Waals surface area contributed by atoms with Crippen LogP contribution in [-0.2, 0) is 4.74 Å². The van der Waals surface area contributed by atoms with Crippen molar-refractivity contribution in [2.75, 3.05) is 37.9 Å². The van der Waals surface area contributed by atoms with E-state index in [-0.39, 0.29) is 11.7 Å². The van der Waals surface area contributed by atoms with E-state index in [2.05, 4.69) is 15.6 Å². The summed E-state index contributed by atoms with van der Waals surface area (Å²) in [6.07, 6.45) is 3.70. The van der Waals surface area contributed by atoms with Gasteiger partial charge in [0.1, 0.15) is 10.7 Å². The van der Waals surface area contributed by atoms with Gasteiger partial charge in [-0.25, -0.2) is 4.98 Å². The zero-order valence-corrected chi connectivity index (χ0v) is 11.9. The highest BCUT2D eigenvalue weighted by atomic mass is 32.1. The second kappa shape index (κ2) is 6.72. The largest absolute Gasteiger partial charge is 0.383 e. The highest BCUT2D eigenvalue weighted by Crippen LogP contribution is 2.27. The lowest BCUT2D eigenvalue weighted by atomic mass is 9.85. The number of carbonyl (C=O) groups is 1. The van der Waals surface area contributed by atoms with Gasteiger partial charge in [-0.15, -0.1) is 0 Å². The fourth-order valence-corrected chi connectivity index (χ4v) is 2.67. The summed E-state index contributed by atoms with van der Waals surface area (Å²) in [5.74, 6) is 0.801. The van der Waals surface area contributed by atoms with Crippen LogP contribution in [0.15, 0.2) is 0 Å². The summed E-state index contributed by atoms with van der Waals surface area (Å²) in [5.41, 5.74) is 5.77. The van der Waals surface area contributed by atoms with Gasteiger partial charge in [0.25, 0.3) is 5.91 Å². The number of methoxy groups -OCH3 is 1. The van der Waals surface area contributed by atoms with Crippen molar-refractivity contribution in [3.8, 4) is 0 Å². The number of amides is 1. The number of thiazole rings is 1. The molecule has 1 fully saturated rings. The van der Waals surface area contributed by atoms with Crippen LogP contribution in [0.2, 0.25) is 0 Å². The molecule has 0 saturated heterocycles. The summed E-state index contributed by atoms with van der Waals surface area (Å²) >= 11 is 1.28. The molecule has 2 rings (SSSR count). The molecule has 6 nitrogen and oxygen atoms in total. The number of aromatic nitrogens is 1. The van der Waals surface area contributed by atoms with Crippen molar-refractivity contribution in [1.29, 1.82) is 0 Å². The van der Waals surface area contributed by atoms with E-state index in [4.69, 9.17) is 10.5 Å². The van der Waals surface area contributed by atoms with E-state index < -0.39 is 0 Å². The maximum Gasteiger partial charge on any atom is 0.265 e. The van der Waals surface area contributed by atoms with Crippen LogP contribution in [0.5, 0.6) is 0 Å². The zero-order chi connectivity index (χ0) is 13.7. The standard InChI is InChI=1S/C12H20N4O2S/c1-18-6-5-14-12-16-10(13)9(19-12)11(17)15-7-8-3-2-4-8/h8H,2-7,13H2,1H3,(H,14,16)(H,15,17). The Morgan fingerprint density at radius 3 is 3.00 bits per heavy atom. The molecule has 4 N–H and O–H groups in total. The average molecular weight is 284 g/mol. The second-order valence-electron chi connectivity index (χ2n) is 4.66. The minimum Gasteiger partial charge on any atom is -0.383 e. The summed E-state index contributed by atoms with van der Waals surface area (Å²) in [7, 11) is 1.64. The van der Waals surface area contributed by atoms with E-state index in [1.807, 2.05) is 0 Å². The van der Waals surface area contributed by atoms with Crippen molar-refractivity contribution < 1.29 is 9.53 Å². The normalized spacial score (nSPS) is 15.0. The highest BCUT2D eigenvalue weighted by molar-refractivity contribution is 7.18. The van der Waals surface area contributed by atoms with Gasteiger partial charge in [0.2, 0.25) is 0 Å². The molecule has 1 aromatic rings. The highest BCUT2D eigenvalue weighted by Gasteiger charge is 2.20. The molecule has 1 aliphatic rings. The van der Waals surface area contributed by atoms with Gasteiger partial charge < -0.3 is 21.1 Å². The van der Waals surface area contributed by atoms with Crippen LogP contribution in [0.4, 0.5) is 10.9 Å². The third-order valence-corrected chi connectivity index (χ3v) is 4.25. The Hall–Kier alpha value is -1.34. The Labute approximate surface area is 116 Å². The van der Waals surface area contributed by atoms with E-state index in [1.165, 1.54) is 30.6 Å². The molecular formula is C12H20N4O2S. The summed E-state index contributed by atoms with van der Waals surface area (Å²) in [5, 5.41) is 6.65. The molecule has 1 heterocycles. The molecule has 106 valence electrons. The summed E-state index contributed by atoms with van der Waals surface area (Å²) in [6.45, 7) is 1.97. The van der Waals surface area contributed by atoms with Crippen molar-refractivity contribution in [3.63, 3.8) is 0 Å². The Morgan fingerprint density at radius 2 is 2.37 bits per heavy atom. The fraction of sp³-hybridized carbons (Fsp3) is 0.667. The number of anilines is 2. The van der Waals surface area contributed by atoms with Gasteiger partial charge in [-0.2, -0.15) is 0 Å². The summed E-state index contributed by atoms with van der Waals surface area (Å²) in [6, 6.07) is 0. The van der Waals surface area contributed by atoms with Crippen molar-refractivity contribution in [1.82, 2.24) is 10.3 Å². The number of nitrogens with one attached hydrogen (secondary N) is 2. The number of nitrogens with zero attached hydrogens (tertiary/aromatic N) is 1. The molecule has 19 heavy (non-hydrogen) atoms. The van der Waals surface area contributed by atoms with E-state index in [0.29, 0.717) is 29.1 Å². The Morgan fingerprint density at radius 1 is 1.58 bits per heavy atom. The third-order valence-electron chi connectivity index (χ3n) is 3.22. The van der Waals surface area contributed by atoms with Crippen LogP contribution in [-0.4, -0.2) is 37.7 Å². The average Bonchev–Trinajstić information content (AvgIpc) is 2.69. The van der Waals surface area contributed by atoms with Crippen LogP contribution < -0.4 is 16.4 Å². The molecule has 0 bridgehead atoms. The molecule has 1 saturated carbocycles. The predicted octanol–water partition coefficient (Wildman–Crippen LogP) is 1.31. The van der Waals surface area contributed by atoms with Gasteiger partial charge in [-0.1, -0.05) is 17.8 Å². The van der Waals surface area contributed by atoms with Gasteiger partial charge in [-0.3, -0.25) is 4.79 Å². The number of carbonyl (C=O) groups excluding carboxylic acids is 1. The van der Waals surface area contributed by atoms with Crippen molar-refractivity contribution in [2.24, 2.45) is 5.92 Å². The number of rotatable bonds is 7. The van der Waals surface area contributed by atoms with Gasteiger partial charge in [0.05, 0.1) is 6.61 Å².